The topological polar surface area (TPSA) is 50.8 Å². The van der Waals surface area contributed by atoms with E-state index in [2.05, 4.69) is 101 Å². The number of furan rings is 1. The number of nitrogens with zero attached hydrogens (tertiary/aromatic N) is 3. The highest BCUT2D eigenvalue weighted by molar-refractivity contribution is 6.15. The summed E-state index contributed by atoms with van der Waals surface area (Å²) in [6.07, 6.45) is 4.46. The van der Waals surface area contributed by atoms with Gasteiger partial charge in [-0.25, -0.2) is 4.98 Å². The Morgan fingerprint density at radius 2 is 1.66 bits per heavy atom. The molecule has 0 spiro atoms. The number of pyridine rings is 1. The van der Waals surface area contributed by atoms with Crippen molar-refractivity contribution in [1.29, 1.82) is 0 Å². The molecule has 2 unspecified atom stereocenters. The van der Waals surface area contributed by atoms with E-state index < -0.39 is 0 Å². The molecule has 2 aliphatic rings. The zero-order valence-electron chi connectivity index (χ0n) is 23.9. The first kappa shape index (κ1) is 25.4. The maximum absolute atomic E-state index is 6.60. The van der Waals surface area contributed by atoms with Crippen molar-refractivity contribution >= 4 is 33.5 Å². The Morgan fingerprint density at radius 3 is 2.46 bits per heavy atom. The fraction of sp³-hybridized carbons (Fsp3) is 0.216. The number of aliphatic imine (C=N–C) groups is 2. The molecular formula is C37H33N3O. The Kier molecular flexibility index (Phi) is 6.08. The van der Waals surface area contributed by atoms with E-state index in [1.165, 1.54) is 27.8 Å². The summed E-state index contributed by atoms with van der Waals surface area (Å²) in [7, 11) is 0. The fourth-order valence-corrected chi connectivity index (χ4v) is 6.91. The molecule has 0 amide bonds. The smallest absolute Gasteiger partial charge is 0.227 e. The minimum absolute atomic E-state index is 0.0888. The van der Waals surface area contributed by atoms with Gasteiger partial charge in [-0.15, -0.1) is 0 Å². The maximum Gasteiger partial charge on any atom is 0.227 e. The van der Waals surface area contributed by atoms with Crippen LogP contribution in [-0.4, -0.2) is 22.4 Å². The number of allylic oxidation sites excluding steroid dienone is 1. The molecule has 3 aromatic carbocycles. The molecule has 4 heterocycles. The molecule has 41 heavy (non-hydrogen) atoms. The molecule has 2 aliphatic heterocycles. The minimum Gasteiger partial charge on any atom is -0.437 e. The summed E-state index contributed by atoms with van der Waals surface area (Å²) in [5, 5.41) is 2.09. The van der Waals surface area contributed by atoms with Crippen molar-refractivity contribution in [1.82, 2.24) is 4.98 Å². The van der Waals surface area contributed by atoms with Crippen molar-refractivity contribution in [2.24, 2.45) is 9.98 Å². The molecule has 0 saturated carbocycles. The molecule has 0 aliphatic carbocycles. The molecule has 0 bridgehead atoms. The van der Waals surface area contributed by atoms with Crippen LogP contribution in [0.5, 0.6) is 0 Å². The second-order valence-electron chi connectivity index (χ2n) is 11.4. The van der Waals surface area contributed by atoms with Crippen LogP contribution in [0, 0.1) is 13.8 Å². The summed E-state index contributed by atoms with van der Waals surface area (Å²) in [4.78, 5) is 15.2. The van der Waals surface area contributed by atoms with Gasteiger partial charge in [0.25, 0.3) is 0 Å². The highest BCUT2D eigenvalue weighted by Gasteiger charge is 2.31. The van der Waals surface area contributed by atoms with Crippen molar-refractivity contribution in [3.63, 3.8) is 0 Å². The Hall–Kier alpha value is -4.57. The van der Waals surface area contributed by atoms with Crippen LogP contribution in [0.4, 0.5) is 0 Å². The van der Waals surface area contributed by atoms with Gasteiger partial charge in [-0.3, -0.25) is 9.98 Å². The van der Waals surface area contributed by atoms with E-state index >= 15 is 0 Å². The first-order chi connectivity index (χ1) is 19.9. The lowest BCUT2D eigenvalue weighted by atomic mass is 9.78. The summed E-state index contributed by atoms with van der Waals surface area (Å²) in [5.41, 5.74) is 13.6. The summed E-state index contributed by atoms with van der Waals surface area (Å²) < 4.78 is 6.60. The van der Waals surface area contributed by atoms with Gasteiger partial charge in [0.2, 0.25) is 5.71 Å². The number of hydrogen-bond acceptors (Lipinski definition) is 4. The Morgan fingerprint density at radius 1 is 0.878 bits per heavy atom. The third-order valence-corrected chi connectivity index (χ3v) is 8.79. The largest absolute Gasteiger partial charge is 0.437 e. The van der Waals surface area contributed by atoms with Gasteiger partial charge in [-0.05, 0) is 74.1 Å². The maximum atomic E-state index is 6.60. The average molecular weight is 536 g/mol. The Labute approximate surface area is 240 Å². The molecule has 4 nitrogen and oxygen atoms in total. The molecular weight excluding hydrogens is 502 g/mol. The zero-order valence-corrected chi connectivity index (χ0v) is 23.9. The number of aryl methyl sites for hydroxylation is 3. The third-order valence-electron chi connectivity index (χ3n) is 8.79. The van der Waals surface area contributed by atoms with Gasteiger partial charge in [-0.1, -0.05) is 67.8 Å². The summed E-state index contributed by atoms with van der Waals surface area (Å²) in [6.45, 7) is 14.7. The molecule has 4 heteroatoms. The predicted molar refractivity (Wildman–Crippen MR) is 170 cm³/mol. The number of hydrogen-bond donors (Lipinski definition) is 0. The van der Waals surface area contributed by atoms with Gasteiger partial charge in [0.15, 0.2) is 0 Å². The average Bonchev–Trinajstić information content (AvgIpc) is 3.33. The van der Waals surface area contributed by atoms with E-state index in [-0.39, 0.29) is 12.0 Å². The fourth-order valence-electron chi connectivity index (χ4n) is 6.91. The van der Waals surface area contributed by atoms with Gasteiger partial charge in [-0.2, -0.15) is 0 Å². The van der Waals surface area contributed by atoms with Crippen molar-refractivity contribution in [3.05, 3.63) is 125 Å². The first-order valence-electron chi connectivity index (χ1n) is 14.4. The number of aromatic nitrogens is 1. The summed E-state index contributed by atoms with van der Waals surface area (Å²) in [6, 6.07) is 23.8. The van der Waals surface area contributed by atoms with Crippen LogP contribution in [0.15, 0.2) is 106 Å². The number of rotatable bonds is 2. The molecule has 0 saturated heterocycles. The zero-order chi connectivity index (χ0) is 28.2. The van der Waals surface area contributed by atoms with Crippen molar-refractivity contribution in [2.75, 3.05) is 0 Å². The second-order valence-corrected chi connectivity index (χ2v) is 11.4. The molecule has 0 N–H and O–H groups in total. The lowest BCUT2D eigenvalue weighted by molar-refractivity contribution is 0.490. The van der Waals surface area contributed by atoms with Gasteiger partial charge in [0.1, 0.15) is 5.58 Å². The van der Waals surface area contributed by atoms with E-state index in [1.54, 1.807) is 0 Å². The van der Waals surface area contributed by atoms with Crippen LogP contribution in [-0.2, 0) is 6.42 Å². The Bertz CT molecular complexity index is 1930. The lowest BCUT2D eigenvalue weighted by Crippen LogP contribution is -2.27. The third kappa shape index (κ3) is 4.17. The van der Waals surface area contributed by atoms with Gasteiger partial charge < -0.3 is 4.42 Å². The highest BCUT2D eigenvalue weighted by atomic mass is 16.3. The first-order valence-corrected chi connectivity index (χ1v) is 14.4. The van der Waals surface area contributed by atoms with E-state index in [1.807, 2.05) is 6.08 Å². The molecule has 2 atom stereocenters. The summed E-state index contributed by atoms with van der Waals surface area (Å²) >= 11 is 0. The molecule has 7 rings (SSSR count). The van der Waals surface area contributed by atoms with Crippen LogP contribution in [0.1, 0.15) is 59.1 Å². The van der Waals surface area contributed by atoms with E-state index in [9.17, 15) is 0 Å². The number of benzene rings is 3. The van der Waals surface area contributed by atoms with Gasteiger partial charge in [0.05, 0.1) is 17.4 Å². The summed E-state index contributed by atoms with van der Waals surface area (Å²) in [5.74, 6) is 0.279. The molecule has 5 aromatic rings. The SMILES string of the molecule is C=CC1=NC2CC(=C)N=C(C)c3c(ccc4c3oc3nc(-c5c(C)cccc5C)ccc34)CCC2c2ccccc21. The van der Waals surface area contributed by atoms with Crippen molar-refractivity contribution in [3.8, 4) is 11.3 Å². The van der Waals surface area contributed by atoms with Crippen molar-refractivity contribution < 1.29 is 4.42 Å². The normalized spacial score (nSPS) is 18.8. The second kappa shape index (κ2) is 9.81. The highest BCUT2D eigenvalue weighted by Crippen LogP contribution is 2.40. The lowest BCUT2D eigenvalue weighted by Gasteiger charge is -2.32. The standard InChI is InChI=1S/C37H33N3O/c1-6-31-27-13-8-7-12-26(27)28-16-14-25-15-17-29-30-18-19-32(34-21(2)10-9-11-22(34)3)40-37(30)41-36(29)35(25)24(5)38-23(4)20-33(28)39-31/h6-13,15,17-19,28,33H,1,4,14,16,20H2,2-3,5H3. The van der Waals surface area contributed by atoms with Crippen molar-refractivity contribution in [2.45, 2.75) is 52.0 Å². The van der Waals surface area contributed by atoms with Crippen LogP contribution in [0.2, 0.25) is 0 Å². The van der Waals surface area contributed by atoms with E-state index in [4.69, 9.17) is 19.4 Å². The quantitative estimate of drug-likeness (QED) is 0.226. The van der Waals surface area contributed by atoms with E-state index in [0.717, 1.165) is 63.1 Å². The monoisotopic (exact) mass is 535 g/mol. The van der Waals surface area contributed by atoms with Gasteiger partial charge >= 0.3 is 0 Å². The molecule has 0 radical (unpaired) electrons. The van der Waals surface area contributed by atoms with Crippen LogP contribution in [0.3, 0.4) is 0 Å². The number of fused-ring (bicyclic) bond motifs is 8. The molecule has 202 valence electrons. The molecule has 2 aromatic heterocycles. The molecule has 0 fully saturated rings. The van der Waals surface area contributed by atoms with Crippen LogP contribution >= 0.6 is 0 Å². The van der Waals surface area contributed by atoms with E-state index in [0.29, 0.717) is 12.1 Å². The van der Waals surface area contributed by atoms with Crippen LogP contribution in [0.25, 0.3) is 33.3 Å². The van der Waals surface area contributed by atoms with Crippen LogP contribution < -0.4 is 0 Å². The minimum atomic E-state index is 0.0888. The predicted octanol–water partition coefficient (Wildman–Crippen LogP) is 9.06. The Balaban J connectivity index is 1.37. The van der Waals surface area contributed by atoms with Gasteiger partial charge in [0, 0.05) is 51.2 Å².